The van der Waals surface area contributed by atoms with Gasteiger partial charge in [0.1, 0.15) is 0 Å². The molecule has 0 saturated carbocycles. The summed E-state index contributed by atoms with van der Waals surface area (Å²) in [5, 5.41) is 0. The predicted octanol–water partition coefficient (Wildman–Crippen LogP) is 2.13. The number of amides is 1. The summed E-state index contributed by atoms with van der Waals surface area (Å²) in [7, 11) is 0. The van der Waals surface area contributed by atoms with E-state index in [0.29, 0.717) is 6.04 Å². The number of hydrogen-bond donors (Lipinski definition) is 1. The highest BCUT2D eigenvalue weighted by molar-refractivity contribution is 5.95. The van der Waals surface area contributed by atoms with Gasteiger partial charge in [-0.2, -0.15) is 0 Å². The normalized spacial score (nSPS) is 18.1. The molecule has 0 aliphatic carbocycles. The molecule has 20 heavy (non-hydrogen) atoms. The zero-order valence-electron chi connectivity index (χ0n) is 12.7. The molecule has 1 atom stereocenters. The Morgan fingerprint density at radius 3 is 2.50 bits per heavy atom. The van der Waals surface area contributed by atoms with Gasteiger partial charge in [0.05, 0.1) is 0 Å². The number of nitrogens with zero attached hydrogens (tertiary/aromatic N) is 2. The van der Waals surface area contributed by atoms with Crippen LogP contribution in [0.4, 0.5) is 5.69 Å². The second-order valence-electron chi connectivity index (χ2n) is 5.66. The number of anilines is 1. The van der Waals surface area contributed by atoms with E-state index in [2.05, 4.69) is 18.7 Å². The molecular formula is C16H25N3O. The SMILES string of the molecule is CCC(C)N1CCN(C(=O)c2ccc(N)c(C)c2)CC1. The standard InChI is InChI=1S/C16H25N3O/c1-4-13(3)18-7-9-19(10-8-18)16(20)14-5-6-15(17)12(2)11-14/h5-6,11,13H,4,7-10,17H2,1-3H3. The Balaban J connectivity index is 1.99. The lowest BCUT2D eigenvalue weighted by Gasteiger charge is -2.37. The van der Waals surface area contributed by atoms with E-state index in [1.54, 1.807) is 0 Å². The maximum Gasteiger partial charge on any atom is 0.253 e. The summed E-state index contributed by atoms with van der Waals surface area (Å²) in [5.41, 5.74) is 8.25. The topological polar surface area (TPSA) is 49.6 Å². The van der Waals surface area contributed by atoms with Gasteiger partial charge in [-0.1, -0.05) is 6.92 Å². The van der Waals surface area contributed by atoms with Crippen LogP contribution in [0.2, 0.25) is 0 Å². The van der Waals surface area contributed by atoms with Gasteiger partial charge in [0.25, 0.3) is 5.91 Å². The third-order valence-corrected chi connectivity index (χ3v) is 4.33. The van der Waals surface area contributed by atoms with Crippen molar-refractivity contribution < 1.29 is 4.79 Å². The van der Waals surface area contributed by atoms with E-state index in [0.717, 1.165) is 49.4 Å². The van der Waals surface area contributed by atoms with Gasteiger partial charge < -0.3 is 10.6 Å². The second kappa shape index (κ2) is 6.27. The molecule has 0 spiro atoms. The Kier molecular flexibility index (Phi) is 4.65. The number of carbonyl (C=O) groups is 1. The number of benzene rings is 1. The third kappa shape index (κ3) is 3.12. The summed E-state index contributed by atoms with van der Waals surface area (Å²) in [6, 6.07) is 6.13. The zero-order chi connectivity index (χ0) is 14.7. The van der Waals surface area contributed by atoms with Crippen LogP contribution in [0.15, 0.2) is 18.2 Å². The molecule has 1 aliphatic heterocycles. The largest absolute Gasteiger partial charge is 0.399 e. The fourth-order valence-corrected chi connectivity index (χ4v) is 2.62. The quantitative estimate of drug-likeness (QED) is 0.860. The van der Waals surface area contributed by atoms with Crippen LogP contribution in [-0.4, -0.2) is 47.9 Å². The summed E-state index contributed by atoms with van der Waals surface area (Å²) in [6.07, 6.45) is 1.16. The van der Waals surface area contributed by atoms with E-state index in [-0.39, 0.29) is 5.91 Å². The fourth-order valence-electron chi connectivity index (χ4n) is 2.62. The molecule has 1 fully saturated rings. The molecule has 1 saturated heterocycles. The van der Waals surface area contributed by atoms with Crippen molar-refractivity contribution in [2.75, 3.05) is 31.9 Å². The number of piperazine rings is 1. The lowest BCUT2D eigenvalue weighted by molar-refractivity contribution is 0.0579. The highest BCUT2D eigenvalue weighted by atomic mass is 16.2. The van der Waals surface area contributed by atoms with Crippen molar-refractivity contribution in [3.8, 4) is 0 Å². The van der Waals surface area contributed by atoms with E-state index in [9.17, 15) is 4.79 Å². The molecule has 1 unspecified atom stereocenters. The summed E-state index contributed by atoms with van der Waals surface area (Å²) >= 11 is 0. The maximum atomic E-state index is 12.5. The van der Waals surface area contributed by atoms with Crippen LogP contribution in [-0.2, 0) is 0 Å². The summed E-state index contributed by atoms with van der Waals surface area (Å²) < 4.78 is 0. The molecule has 1 aromatic rings. The van der Waals surface area contributed by atoms with E-state index >= 15 is 0 Å². The van der Waals surface area contributed by atoms with E-state index < -0.39 is 0 Å². The van der Waals surface area contributed by atoms with Crippen molar-refractivity contribution in [2.45, 2.75) is 33.2 Å². The Bertz CT molecular complexity index is 479. The molecule has 1 heterocycles. The molecule has 1 aliphatic rings. The Hall–Kier alpha value is -1.55. The number of nitrogen functional groups attached to an aromatic ring is 1. The Morgan fingerprint density at radius 2 is 1.95 bits per heavy atom. The molecule has 0 radical (unpaired) electrons. The molecule has 4 heteroatoms. The minimum absolute atomic E-state index is 0.122. The summed E-state index contributed by atoms with van der Waals surface area (Å²) in [5.74, 6) is 0.122. The van der Waals surface area contributed by atoms with Crippen molar-refractivity contribution in [3.63, 3.8) is 0 Å². The first-order valence-corrected chi connectivity index (χ1v) is 7.42. The minimum Gasteiger partial charge on any atom is -0.399 e. The van der Waals surface area contributed by atoms with Crippen molar-refractivity contribution in [3.05, 3.63) is 29.3 Å². The van der Waals surface area contributed by atoms with Gasteiger partial charge in [-0.3, -0.25) is 9.69 Å². The van der Waals surface area contributed by atoms with Crippen molar-refractivity contribution in [2.24, 2.45) is 0 Å². The first-order valence-electron chi connectivity index (χ1n) is 7.42. The minimum atomic E-state index is 0.122. The molecule has 0 bridgehead atoms. The molecule has 4 nitrogen and oxygen atoms in total. The van der Waals surface area contributed by atoms with Crippen molar-refractivity contribution in [1.82, 2.24) is 9.80 Å². The van der Waals surface area contributed by atoms with Crippen molar-refractivity contribution in [1.29, 1.82) is 0 Å². The number of carbonyl (C=O) groups excluding carboxylic acids is 1. The second-order valence-corrected chi connectivity index (χ2v) is 5.66. The first-order chi connectivity index (χ1) is 9.52. The molecule has 0 aromatic heterocycles. The molecule has 2 N–H and O–H groups in total. The molecule has 2 rings (SSSR count). The highest BCUT2D eigenvalue weighted by Gasteiger charge is 2.24. The predicted molar refractivity (Wildman–Crippen MR) is 82.8 cm³/mol. The van der Waals surface area contributed by atoms with E-state index in [1.807, 2.05) is 30.0 Å². The van der Waals surface area contributed by atoms with Crippen LogP contribution in [0.1, 0.15) is 36.2 Å². The zero-order valence-corrected chi connectivity index (χ0v) is 12.7. The monoisotopic (exact) mass is 275 g/mol. The van der Waals surface area contributed by atoms with Gasteiger partial charge in [0, 0.05) is 43.5 Å². The van der Waals surface area contributed by atoms with Gasteiger partial charge in [0.15, 0.2) is 0 Å². The van der Waals surface area contributed by atoms with E-state index in [1.165, 1.54) is 0 Å². The average Bonchev–Trinajstić information content (AvgIpc) is 2.48. The Labute approximate surface area is 121 Å². The van der Waals surface area contributed by atoms with E-state index in [4.69, 9.17) is 5.73 Å². The number of hydrogen-bond acceptors (Lipinski definition) is 3. The van der Waals surface area contributed by atoms with Gasteiger partial charge in [-0.15, -0.1) is 0 Å². The smallest absolute Gasteiger partial charge is 0.253 e. The van der Waals surface area contributed by atoms with Crippen LogP contribution < -0.4 is 5.73 Å². The average molecular weight is 275 g/mol. The fraction of sp³-hybridized carbons (Fsp3) is 0.562. The lowest BCUT2D eigenvalue weighted by atomic mass is 10.1. The van der Waals surface area contributed by atoms with Gasteiger partial charge >= 0.3 is 0 Å². The van der Waals surface area contributed by atoms with Crippen LogP contribution in [0, 0.1) is 6.92 Å². The van der Waals surface area contributed by atoms with Gasteiger partial charge in [-0.05, 0) is 44.0 Å². The van der Waals surface area contributed by atoms with Gasteiger partial charge in [0.2, 0.25) is 0 Å². The van der Waals surface area contributed by atoms with Crippen LogP contribution in [0.5, 0.6) is 0 Å². The van der Waals surface area contributed by atoms with Crippen LogP contribution in [0.25, 0.3) is 0 Å². The van der Waals surface area contributed by atoms with Crippen molar-refractivity contribution >= 4 is 11.6 Å². The van der Waals surface area contributed by atoms with Crippen LogP contribution in [0.3, 0.4) is 0 Å². The Morgan fingerprint density at radius 1 is 1.30 bits per heavy atom. The third-order valence-electron chi connectivity index (χ3n) is 4.33. The molecule has 1 amide bonds. The molecule has 110 valence electrons. The number of nitrogens with two attached hydrogens (primary N) is 1. The summed E-state index contributed by atoms with van der Waals surface area (Å²) in [6.45, 7) is 9.95. The maximum absolute atomic E-state index is 12.5. The lowest BCUT2D eigenvalue weighted by Crippen LogP contribution is -2.51. The molecular weight excluding hydrogens is 250 g/mol. The summed E-state index contributed by atoms with van der Waals surface area (Å²) in [4.78, 5) is 16.9. The number of rotatable bonds is 3. The first kappa shape index (κ1) is 14.9. The highest BCUT2D eigenvalue weighted by Crippen LogP contribution is 2.16. The van der Waals surface area contributed by atoms with Crippen LogP contribution >= 0.6 is 0 Å². The number of aryl methyl sites for hydroxylation is 1. The van der Waals surface area contributed by atoms with Gasteiger partial charge in [-0.25, -0.2) is 0 Å². The molecule has 1 aromatic carbocycles.